The highest BCUT2D eigenvalue weighted by Crippen LogP contribution is 2.47. The van der Waals surface area contributed by atoms with Gasteiger partial charge in [-0.25, -0.2) is 14.2 Å². The molecule has 2 aromatic heterocycles. The Hall–Kier alpha value is -4.19. The van der Waals surface area contributed by atoms with Crippen LogP contribution >= 0.6 is 0 Å². The standard InChI is InChI=1S/C27H28FN5O.C2HF3O2/c1-34-14-13-32-17-21(15-30-32)19-5-7-22(8-6-19)31-11-9-20(10-12-31)27-26-23(3-2-4-24(26)28)25-16-29-18-33(25)27;3-2(4,5)1(6)7/h2-8,15-18,20,27H,9-14H2,1H3;(H,6,7). The molecule has 8 nitrogen and oxygen atoms in total. The first-order valence-corrected chi connectivity index (χ1v) is 13.1. The van der Waals surface area contributed by atoms with Crippen LogP contribution in [0.4, 0.5) is 23.2 Å². The number of aromatic nitrogens is 4. The Morgan fingerprint density at radius 2 is 1.78 bits per heavy atom. The largest absolute Gasteiger partial charge is 0.490 e. The van der Waals surface area contributed by atoms with Gasteiger partial charge in [0.25, 0.3) is 0 Å². The second kappa shape index (κ2) is 11.7. The minimum absolute atomic E-state index is 0.0351. The van der Waals surface area contributed by atoms with Gasteiger partial charge in [-0.3, -0.25) is 4.68 Å². The summed E-state index contributed by atoms with van der Waals surface area (Å²) in [7, 11) is 1.70. The predicted molar refractivity (Wildman–Crippen MR) is 144 cm³/mol. The lowest BCUT2D eigenvalue weighted by molar-refractivity contribution is -0.192. The van der Waals surface area contributed by atoms with E-state index in [0.29, 0.717) is 12.5 Å². The number of hydrogen-bond donors (Lipinski definition) is 1. The molecule has 1 atom stereocenters. The summed E-state index contributed by atoms with van der Waals surface area (Å²) < 4.78 is 55.8. The molecular weight excluding hydrogens is 542 g/mol. The Bertz CT molecular complexity index is 1490. The molecule has 0 bridgehead atoms. The van der Waals surface area contributed by atoms with E-state index in [0.717, 1.165) is 60.4 Å². The summed E-state index contributed by atoms with van der Waals surface area (Å²) in [6.07, 6.45) is 4.63. The van der Waals surface area contributed by atoms with E-state index in [1.807, 2.05) is 29.5 Å². The average molecular weight is 572 g/mol. The van der Waals surface area contributed by atoms with Crippen LogP contribution in [-0.4, -0.2) is 63.4 Å². The van der Waals surface area contributed by atoms with Gasteiger partial charge in [0.2, 0.25) is 0 Å². The molecule has 1 saturated heterocycles. The number of benzene rings is 2. The van der Waals surface area contributed by atoms with E-state index >= 15 is 0 Å². The van der Waals surface area contributed by atoms with Crippen molar-refractivity contribution in [2.75, 3.05) is 31.7 Å². The van der Waals surface area contributed by atoms with Crippen LogP contribution in [0.5, 0.6) is 0 Å². The van der Waals surface area contributed by atoms with Gasteiger partial charge in [-0.15, -0.1) is 0 Å². The third-order valence-electron chi connectivity index (χ3n) is 7.54. The number of fused-ring (bicyclic) bond motifs is 3. The van der Waals surface area contributed by atoms with Gasteiger partial charge < -0.3 is 19.3 Å². The number of rotatable bonds is 6. The summed E-state index contributed by atoms with van der Waals surface area (Å²) in [6.45, 7) is 3.32. The molecule has 0 radical (unpaired) electrons. The Kier molecular flexibility index (Phi) is 8.11. The van der Waals surface area contributed by atoms with E-state index in [1.165, 1.54) is 5.69 Å². The molecule has 1 N–H and O–H groups in total. The van der Waals surface area contributed by atoms with Crippen LogP contribution in [0, 0.1) is 11.7 Å². The highest BCUT2D eigenvalue weighted by atomic mass is 19.4. The number of alkyl halides is 3. The monoisotopic (exact) mass is 571 g/mol. The zero-order chi connectivity index (χ0) is 29.1. The predicted octanol–water partition coefficient (Wildman–Crippen LogP) is 5.65. The third kappa shape index (κ3) is 5.97. The third-order valence-corrected chi connectivity index (χ3v) is 7.54. The Labute approximate surface area is 233 Å². The van der Waals surface area contributed by atoms with Gasteiger partial charge in [0.05, 0.1) is 43.6 Å². The fourth-order valence-corrected chi connectivity index (χ4v) is 5.56. The second-order valence-electron chi connectivity index (χ2n) is 9.99. The van der Waals surface area contributed by atoms with Gasteiger partial charge in [0, 0.05) is 48.8 Å². The Morgan fingerprint density at radius 1 is 1.07 bits per heavy atom. The van der Waals surface area contributed by atoms with Crippen LogP contribution in [0.3, 0.4) is 0 Å². The summed E-state index contributed by atoms with van der Waals surface area (Å²) in [5, 5.41) is 11.5. The molecular formula is C29H29F4N5O3. The molecule has 4 heterocycles. The summed E-state index contributed by atoms with van der Waals surface area (Å²) in [4.78, 5) is 15.7. The SMILES string of the molecule is COCCn1cc(-c2ccc(N3CCC(C4c5c(F)cccc5-c5cncn54)CC3)cc2)cn1.O=C(O)C(F)(F)F. The maximum Gasteiger partial charge on any atom is 0.490 e. The number of carboxylic acid groups (broad SMARTS) is 1. The van der Waals surface area contributed by atoms with Crippen LogP contribution < -0.4 is 4.90 Å². The number of carboxylic acids is 1. The number of piperidine rings is 1. The maximum atomic E-state index is 14.9. The molecule has 41 heavy (non-hydrogen) atoms. The smallest absolute Gasteiger partial charge is 0.475 e. The first kappa shape index (κ1) is 28.3. The molecule has 1 fully saturated rings. The summed E-state index contributed by atoms with van der Waals surface area (Å²) in [5.41, 5.74) is 6.37. The van der Waals surface area contributed by atoms with Crippen molar-refractivity contribution < 1.29 is 32.2 Å². The first-order valence-electron chi connectivity index (χ1n) is 13.1. The lowest BCUT2D eigenvalue weighted by Crippen LogP contribution is -2.36. The van der Waals surface area contributed by atoms with E-state index in [1.54, 1.807) is 19.2 Å². The van der Waals surface area contributed by atoms with Gasteiger partial charge in [0.15, 0.2) is 0 Å². The minimum Gasteiger partial charge on any atom is -0.475 e. The summed E-state index contributed by atoms with van der Waals surface area (Å²) in [6, 6.07) is 14.2. The summed E-state index contributed by atoms with van der Waals surface area (Å²) >= 11 is 0. The number of halogens is 4. The van der Waals surface area contributed by atoms with E-state index in [2.05, 4.69) is 50.0 Å². The van der Waals surface area contributed by atoms with Crippen molar-refractivity contribution in [1.82, 2.24) is 19.3 Å². The van der Waals surface area contributed by atoms with Crippen molar-refractivity contribution in [3.05, 3.63) is 78.8 Å². The van der Waals surface area contributed by atoms with Gasteiger partial charge in [-0.2, -0.15) is 18.3 Å². The Morgan fingerprint density at radius 3 is 2.44 bits per heavy atom. The fourth-order valence-electron chi connectivity index (χ4n) is 5.56. The number of imidazole rings is 1. The van der Waals surface area contributed by atoms with Crippen molar-refractivity contribution in [3.8, 4) is 22.4 Å². The number of carbonyl (C=O) groups is 1. The number of hydrogen-bond acceptors (Lipinski definition) is 5. The quantitative estimate of drug-likeness (QED) is 0.301. The second-order valence-corrected chi connectivity index (χ2v) is 9.99. The number of methoxy groups -OCH3 is 1. The fraction of sp³-hybridized carbons (Fsp3) is 0.345. The molecule has 6 rings (SSSR count). The molecule has 2 aliphatic heterocycles. The van der Waals surface area contributed by atoms with Crippen molar-refractivity contribution in [2.24, 2.45) is 5.92 Å². The lowest BCUT2D eigenvalue weighted by atomic mass is 9.85. The highest BCUT2D eigenvalue weighted by Gasteiger charge is 2.39. The molecule has 2 aliphatic rings. The van der Waals surface area contributed by atoms with E-state index in [-0.39, 0.29) is 11.9 Å². The van der Waals surface area contributed by atoms with Gasteiger partial charge in [0.1, 0.15) is 5.82 Å². The van der Waals surface area contributed by atoms with Crippen LogP contribution in [0.15, 0.2) is 67.4 Å². The van der Waals surface area contributed by atoms with Crippen LogP contribution in [0.2, 0.25) is 0 Å². The maximum absolute atomic E-state index is 14.9. The zero-order valence-corrected chi connectivity index (χ0v) is 22.3. The molecule has 12 heteroatoms. The van der Waals surface area contributed by atoms with Crippen LogP contribution in [0.1, 0.15) is 24.4 Å². The first-order chi connectivity index (χ1) is 19.7. The summed E-state index contributed by atoms with van der Waals surface area (Å²) in [5.74, 6) is -2.47. The Balaban J connectivity index is 0.000000431. The minimum atomic E-state index is -5.08. The van der Waals surface area contributed by atoms with Crippen LogP contribution in [0.25, 0.3) is 22.4 Å². The number of anilines is 1. The van der Waals surface area contributed by atoms with Gasteiger partial charge in [-0.05, 0) is 42.5 Å². The zero-order valence-electron chi connectivity index (χ0n) is 22.3. The number of aliphatic carboxylic acids is 1. The van der Waals surface area contributed by atoms with Gasteiger partial charge >= 0.3 is 12.1 Å². The number of ether oxygens (including phenoxy) is 1. The molecule has 4 aromatic rings. The normalized spacial score (nSPS) is 16.6. The molecule has 2 aromatic carbocycles. The average Bonchev–Trinajstić information content (AvgIpc) is 3.69. The molecule has 0 aliphatic carbocycles. The highest BCUT2D eigenvalue weighted by molar-refractivity contribution is 5.73. The van der Waals surface area contributed by atoms with Crippen molar-refractivity contribution in [3.63, 3.8) is 0 Å². The van der Waals surface area contributed by atoms with E-state index in [9.17, 15) is 17.6 Å². The topological polar surface area (TPSA) is 85.4 Å². The van der Waals surface area contributed by atoms with Crippen molar-refractivity contribution in [1.29, 1.82) is 0 Å². The van der Waals surface area contributed by atoms with Crippen molar-refractivity contribution in [2.45, 2.75) is 31.6 Å². The lowest BCUT2D eigenvalue weighted by Gasteiger charge is -2.37. The molecule has 0 saturated carbocycles. The molecule has 0 spiro atoms. The molecule has 216 valence electrons. The molecule has 1 unspecified atom stereocenters. The van der Waals surface area contributed by atoms with Gasteiger partial charge in [-0.1, -0.05) is 24.3 Å². The van der Waals surface area contributed by atoms with E-state index < -0.39 is 12.1 Å². The molecule has 0 amide bonds. The van der Waals surface area contributed by atoms with E-state index in [4.69, 9.17) is 14.6 Å². The van der Waals surface area contributed by atoms with Crippen molar-refractivity contribution >= 4 is 11.7 Å². The van der Waals surface area contributed by atoms with Crippen LogP contribution in [-0.2, 0) is 16.1 Å². The number of nitrogens with zero attached hydrogens (tertiary/aromatic N) is 5.